The number of rotatable bonds is 3. The summed E-state index contributed by atoms with van der Waals surface area (Å²) in [6, 6.07) is 3.74. The Hall–Kier alpha value is -1.12. The summed E-state index contributed by atoms with van der Waals surface area (Å²) >= 11 is 2.08. The Balaban J connectivity index is 2.40. The van der Waals surface area contributed by atoms with E-state index in [2.05, 4.69) is 10.2 Å². The first-order valence-corrected chi connectivity index (χ1v) is 6.45. The van der Waals surface area contributed by atoms with E-state index in [1.807, 2.05) is 0 Å². The van der Waals surface area contributed by atoms with E-state index in [9.17, 15) is 13.2 Å². The van der Waals surface area contributed by atoms with Gasteiger partial charge in [-0.15, -0.1) is 10.2 Å². The molecular formula is C10H7F3N2OS2. The smallest absolute Gasteiger partial charge is 0.392 e. The molecule has 1 aromatic heterocycles. The molecule has 0 aliphatic carbocycles. The number of benzene rings is 1. The summed E-state index contributed by atoms with van der Waals surface area (Å²) in [5.41, 5.74) is 0.913. The summed E-state index contributed by atoms with van der Waals surface area (Å²) < 4.78 is 39.0. The minimum absolute atomic E-state index is 0.0523. The first kappa shape index (κ1) is 13.3. The van der Waals surface area contributed by atoms with E-state index in [0.717, 1.165) is 17.8 Å². The van der Waals surface area contributed by atoms with E-state index in [-0.39, 0.29) is 10.5 Å². The molecule has 0 aliphatic rings. The van der Waals surface area contributed by atoms with Gasteiger partial charge in [-0.3, -0.25) is 0 Å². The molecule has 0 spiro atoms. The minimum Gasteiger partial charge on any atom is -0.392 e. The maximum atomic E-state index is 12.9. The molecule has 2 rings (SSSR count). The minimum atomic E-state index is -4.46. The van der Waals surface area contributed by atoms with Crippen LogP contribution in [0.15, 0.2) is 32.9 Å². The topological polar surface area (TPSA) is 46.0 Å². The summed E-state index contributed by atoms with van der Waals surface area (Å²) in [5.74, 6) is 0. The fraction of sp³-hybridized carbons (Fsp3) is 0.200. The molecule has 0 saturated carbocycles. The van der Waals surface area contributed by atoms with Gasteiger partial charge in [0.15, 0.2) is 4.34 Å². The molecule has 0 unspecified atom stereocenters. The quantitative estimate of drug-likeness (QED) is 0.943. The molecule has 0 radical (unpaired) electrons. The van der Waals surface area contributed by atoms with Gasteiger partial charge in [-0.2, -0.15) is 13.2 Å². The molecule has 1 N–H and O–H groups in total. The van der Waals surface area contributed by atoms with Gasteiger partial charge in [0.2, 0.25) is 0 Å². The average Bonchev–Trinajstić information content (AvgIpc) is 2.81. The monoisotopic (exact) mass is 292 g/mol. The second-order valence-corrected chi connectivity index (χ2v) is 5.42. The van der Waals surface area contributed by atoms with Crippen molar-refractivity contribution in [3.05, 3.63) is 34.8 Å². The van der Waals surface area contributed by atoms with Crippen molar-refractivity contribution >= 4 is 23.1 Å². The number of aliphatic hydroxyl groups excluding tert-OH is 1. The Kier molecular flexibility index (Phi) is 3.88. The fourth-order valence-corrected chi connectivity index (χ4v) is 2.85. The number of hydrogen-bond acceptors (Lipinski definition) is 5. The maximum Gasteiger partial charge on any atom is 0.417 e. The van der Waals surface area contributed by atoms with Crippen molar-refractivity contribution in [1.29, 1.82) is 0 Å². The lowest BCUT2D eigenvalue weighted by atomic mass is 10.1. The molecule has 3 nitrogen and oxygen atoms in total. The normalized spacial score (nSPS) is 11.8. The number of alkyl halides is 3. The van der Waals surface area contributed by atoms with Crippen LogP contribution in [-0.4, -0.2) is 15.3 Å². The molecule has 18 heavy (non-hydrogen) atoms. The van der Waals surface area contributed by atoms with E-state index in [4.69, 9.17) is 5.11 Å². The van der Waals surface area contributed by atoms with E-state index in [1.54, 1.807) is 0 Å². The van der Waals surface area contributed by atoms with Crippen molar-refractivity contribution in [3.63, 3.8) is 0 Å². The van der Waals surface area contributed by atoms with Crippen LogP contribution in [0, 0.1) is 0 Å². The molecule has 1 heterocycles. The van der Waals surface area contributed by atoms with Gasteiger partial charge in [0.1, 0.15) is 5.51 Å². The summed E-state index contributed by atoms with van der Waals surface area (Å²) in [4.78, 5) is 0.0523. The lowest BCUT2D eigenvalue weighted by Gasteiger charge is -2.12. The van der Waals surface area contributed by atoms with Crippen LogP contribution in [-0.2, 0) is 12.8 Å². The highest BCUT2D eigenvalue weighted by molar-refractivity contribution is 8.01. The summed E-state index contributed by atoms with van der Waals surface area (Å²) in [5, 5.41) is 16.1. The third-order valence-corrected chi connectivity index (χ3v) is 3.92. The van der Waals surface area contributed by atoms with Gasteiger partial charge in [0.05, 0.1) is 12.2 Å². The highest BCUT2D eigenvalue weighted by Gasteiger charge is 2.34. The van der Waals surface area contributed by atoms with Crippen molar-refractivity contribution in [1.82, 2.24) is 10.2 Å². The Morgan fingerprint density at radius 2 is 2.11 bits per heavy atom. The predicted octanol–water partition coefficient (Wildman–Crippen LogP) is 3.20. The van der Waals surface area contributed by atoms with Gasteiger partial charge >= 0.3 is 6.18 Å². The molecule has 2 aromatic rings. The first-order valence-electron chi connectivity index (χ1n) is 4.75. The Morgan fingerprint density at radius 3 is 2.67 bits per heavy atom. The van der Waals surface area contributed by atoms with Crippen LogP contribution >= 0.6 is 23.1 Å². The summed E-state index contributed by atoms with van der Waals surface area (Å²) in [6.07, 6.45) is -4.46. The largest absolute Gasteiger partial charge is 0.417 e. The van der Waals surface area contributed by atoms with Crippen LogP contribution in [0.1, 0.15) is 11.1 Å². The molecule has 0 aliphatic heterocycles. The van der Waals surface area contributed by atoms with E-state index >= 15 is 0 Å². The summed E-state index contributed by atoms with van der Waals surface area (Å²) in [7, 11) is 0. The van der Waals surface area contributed by atoms with Crippen molar-refractivity contribution in [2.45, 2.75) is 22.0 Å². The van der Waals surface area contributed by atoms with Crippen LogP contribution < -0.4 is 0 Å². The molecule has 0 saturated heterocycles. The van der Waals surface area contributed by atoms with Gasteiger partial charge in [-0.1, -0.05) is 29.2 Å². The number of nitrogens with zero attached hydrogens (tertiary/aromatic N) is 2. The maximum absolute atomic E-state index is 12.9. The SMILES string of the molecule is OCc1ccc(Sc2nncs2)c(C(F)(F)F)c1. The van der Waals surface area contributed by atoms with Gasteiger partial charge in [-0.05, 0) is 17.7 Å². The van der Waals surface area contributed by atoms with Crippen molar-refractivity contribution < 1.29 is 18.3 Å². The fourth-order valence-electron chi connectivity index (χ4n) is 1.29. The molecule has 0 fully saturated rings. The molecular weight excluding hydrogens is 285 g/mol. The van der Waals surface area contributed by atoms with Crippen LogP contribution in [0.3, 0.4) is 0 Å². The van der Waals surface area contributed by atoms with Gasteiger partial charge in [-0.25, -0.2) is 0 Å². The number of hydrogen-bond donors (Lipinski definition) is 1. The van der Waals surface area contributed by atoms with Crippen molar-refractivity contribution in [3.8, 4) is 0 Å². The van der Waals surface area contributed by atoms with Crippen LogP contribution in [0.25, 0.3) is 0 Å². The lowest BCUT2D eigenvalue weighted by Crippen LogP contribution is -2.07. The number of aromatic nitrogens is 2. The van der Waals surface area contributed by atoms with Crippen molar-refractivity contribution in [2.75, 3.05) is 0 Å². The lowest BCUT2D eigenvalue weighted by molar-refractivity contribution is -0.139. The zero-order valence-electron chi connectivity index (χ0n) is 8.81. The van der Waals surface area contributed by atoms with Gasteiger partial charge in [0, 0.05) is 4.90 Å². The van der Waals surface area contributed by atoms with E-state index in [1.165, 1.54) is 29.0 Å². The standard InChI is InChI=1S/C10H7F3N2OS2/c11-10(12,13)7-3-6(4-16)1-2-8(7)18-9-15-14-5-17-9/h1-3,5,16H,4H2. The molecule has 96 valence electrons. The molecule has 1 aromatic carbocycles. The Morgan fingerprint density at radius 1 is 1.33 bits per heavy atom. The Bertz CT molecular complexity index is 528. The molecule has 0 atom stereocenters. The van der Waals surface area contributed by atoms with Gasteiger partial charge in [0.25, 0.3) is 0 Å². The first-order chi connectivity index (χ1) is 8.50. The van der Waals surface area contributed by atoms with E-state index < -0.39 is 18.3 Å². The van der Waals surface area contributed by atoms with Crippen LogP contribution in [0.5, 0.6) is 0 Å². The zero-order valence-corrected chi connectivity index (χ0v) is 10.4. The summed E-state index contributed by atoms with van der Waals surface area (Å²) in [6.45, 7) is -0.424. The zero-order chi connectivity index (χ0) is 13.2. The molecule has 0 amide bonds. The van der Waals surface area contributed by atoms with Crippen LogP contribution in [0.4, 0.5) is 13.2 Å². The highest BCUT2D eigenvalue weighted by atomic mass is 32.2. The number of halogens is 3. The van der Waals surface area contributed by atoms with Crippen molar-refractivity contribution in [2.24, 2.45) is 0 Å². The second-order valence-electron chi connectivity index (χ2n) is 3.29. The Labute approximate surface area is 109 Å². The third-order valence-electron chi connectivity index (χ3n) is 2.07. The predicted molar refractivity (Wildman–Crippen MR) is 61.4 cm³/mol. The molecule has 0 bridgehead atoms. The van der Waals surface area contributed by atoms with Crippen LogP contribution in [0.2, 0.25) is 0 Å². The average molecular weight is 292 g/mol. The number of aliphatic hydroxyl groups is 1. The third kappa shape index (κ3) is 3.01. The van der Waals surface area contributed by atoms with Gasteiger partial charge < -0.3 is 5.11 Å². The second kappa shape index (κ2) is 5.25. The molecule has 8 heteroatoms. The highest BCUT2D eigenvalue weighted by Crippen LogP contribution is 2.40. The van der Waals surface area contributed by atoms with E-state index in [0.29, 0.717) is 4.34 Å².